The molecular formula is C18H17N3O2S. The third kappa shape index (κ3) is 3.06. The Balaban J connectivity index is 1.58. The van der Waals surface area contributed by atoms with Crippen LogP contribution in [0.1, 0.15) is 27.4 Å². The lowest BCUT2D eigenvalue weighted by molar-refractivity contribution is 0.142. The molecule has 24 heavy (non-hydrogen) atoms. The van der Waals surface area contributed by atoms with Gasteiger partial charge in [-0.15, -0.1) is 11.3 Å². The topological polar surface area (TPSA) is 67.2 Å². The zero-order valence-electron chi connectivity index (χ0n) is 13.2. The van der Waals surface area contributed by atoms with Crippen molar-refractivity contribution in [3.05, 3.63) is 50.9 Å². The summed E-state index contributed by atoms with van der Waals surface area (Å²) < 4.78 is 11.6. The molecule has 0 bridgehead atoms. The number of hydrogen-bond acceptors (Lipinski definition) is 6. The van der Waals surface area contributed by atoms with Crippen LogP contribution in [0.15, 0.2) is 29.8 Å². The number of nitrogens with zero attached hydrogens (tertiary/aromatic N) is 2. The fourth-order valence-electron chi connectivity index (χ4n) is 3.03. The molecule has 122 valence electrons. The molecule has 4 rings (SSSR count). The smallest absolute Gasteiger partial charge is 0.214 e. The second-order valence-corrected chi connectivity index (χ2v) is 6.99. The van der Waals surface area contributed by atoms with E-state index in [0.717, 1.165) is 35.6 Å². The van der Waals surface area contributed by atoms with Gasteiger partial charge in [0.25, 0.3) is 0 Å². The molecule has 0 radical (unpaired) electrons. The van der Waals surface area contributed by atoms with Crippen molar-refractivity contribution in [1.29, 1.82) is 5.26 Å². The molecule has 0 amide bonds. The van der Waals surface area contributed by atoms with Crippen LogP contribution >= 0.6 is 11.3 Å². The molecule has 0 atom stereocenters. The van der Waals surface area contributed by atoms with Crippen molar-refractivity contribution in [3.63, 3.8) is 0 Å². The van der Waals surface area contributed by atoms with Gasteiger partial charge in [-0.3, -0.25) is 0 Å². The lowest BCUT2D eigenvalue weighted by atomic mass is 9.96. The van der Waals surface area contributed by atoms with Crippen LogP contribution in [0.3, 0.4) is 0 Å². The zero-order valence-corrected chi connectivity index (χ0v) is 14.0. The summed E-state index contributed by atoms with van der Waals surface area (Å²) >= 11 is 1.45. The molecule has 2 aromatic rings. The van der Waals surface area contributed by atoms with E-state index in [9.17, 15) is 0 Å². The highest BCUT2D eigenvalue weighted by atomic mass is 32.1. The maximum Gasteiger partial charge on any atom is 0.214 e. The number of ether oxygens (including phenoxy) is 2. The van der Waals surface area contributed by atoms with E-state index in [-0.39, 0.29) is 0 Å². The fraction of sp³-hybridized carbons (Fsp3) is 0.333. The molecule has 1 N–H and O–H groups in total. The van der Waals surface area contributed by atoms with Crippen LogP contribution in [0.25, 0.3) is 5.57 Å². The van der Waals surface area contributed by atoms with Crippen molar-refractivity contribution in [2.45, 2.75) is 19.6 Å². The molecule has 0 fully saturated rings. The molecule has 0 aliphatic carbocycles. The Morgan fingerprint density at radius 3 is 3.12 bits per heavy atom. The third-order valence-corrected chi connectivity index (χ3v) is 5.19. The third-order valence-electron chi connectivity index (χ3n) is 4.22. The molecule has 5 nitrogen and oxygen atoms in total. The number of thiophene rings is 1. The van der Waals surface area contributed by atoms with Gasteiger partial charge in [-0.25, -0.2) is 4.98 Å². The lowest BCUT2D eigenvalue weighted by Gasteiger charge is -2.20. The van der Waals surface area contributed by atoms with E-state index in [0.29, 0.717) is 30.6 Å². The van der Waals surface area contributed by atoms with Gasteiger partial charge in [0.05, 0.1) is 18.9 Å². The first-order chi connectivity index (χ1) is 11.8. The predicted octanol–water partition coefficient (Wildman–Crippen LogP) is 2.87. The quantitative estimate of drug-likeness (QED) is 0.931. The van der Waals surface area contributed by atoms with Crippen molar-refractivity contribution < 1.29 is 9.47 Å². The minimum absolute atomic E-state index is 0.433. The Hall–Kier alpha value is -2.20. The van der Waals surface area contributed by atoms with Gasteiger partial charge < -0.3 is 14.8 Å². The Morgan fingerprint density at radius 2 is 2.25 bits per heavy atom. The van der Waals surface area contributed by atoms with Crippen LogP contribution < -0.4 is 10.1 Å². The highest BCUT2D eigenvalue weighted by Crippen LogP contribution is 2.31. The van der Waals surface area contributed by atoms with E-state index in [1.165, 1.54) is 22.5 Å². The summed E-state index contributed by atoms with van der Waals surface area (Å²) in [6.45, 7) is 3.53. The number of hydrogen-bond donors (Lipinski definition) is 1. The summed E-state index contributed by atoms with van der Waals surface area (Å²) in [5, 5.41) is 12.3. The van der Waals surface area contributed by atoms with Gasteiger partial charge in [-0.2, -0.15) is 5.26 Å². The number of aromatic nitrogens is 1. The Bertz CT molecular complexity index is 835. The Kier molecular flexibility index (Phi) is 4.30. The molecule has 2 aromatic heterocycles. The molecule has 0 unspecified atom stereocenters. The van der Waals surface area contributed by atoms with E-state index in [4.69, 9.17) is 19.7 Å². The van der Waals surface area contributed by atoms with Crippen LogP contribution in [-0.2, 0) is 18.0 Å². The van der Waals surface area contributed by atoms with Crippen molar-refractivity contribution >= 4 is 16.9 Å². The minimum atomic E-state index is 0.433. The lowest BCUT2D eigenvalue weighted by Crippen LogP contribution is -2.26. The summed E-state index contributed by atoms with van der Waals surface area (Å²) in [5.41, 5.74) is 4.73. The number of nitriles is 1. The number of fused-ring (bicyclic) bond motifs is 2. The van der Waals surface area contributed by atoms with Gasteiger partial charge in [0.15, 0.2) is 0 Å². The molecule has 6 heteroatoms. The molecule has 0 aromatic carbocycles. The zero-order chi connectivity index (χ0) is 16.4. The molecule has 2 aliphatic rings. The maximum atomic E-state index is 8.89. The van der Waals surface area contributed by atoms with Gasteiger partial charge in [0, 0.05) is 23.1 Å². The van der Waals surface area contributed by atoms with Gasteiger partial charge >= 0.3 is 0 Å². The van der Waals surface area contributed by atoms with Gasteiger partial charge in [-0.1, -0.05) is 0 Å². The van der Waals surface area contributed by atoms with Crippen LogP contribution in [0, 0.1) is 11.3 Å². The maximum absolute atomic E-state index is 8.89. The summed E-state index contributed by atoms with van der Waals surface area (Å²) in [4.78, 5) is 6.47. The molecule has 0 saturated carbocycles. The van der Waals surface area contributed by atoms with Crippen molar-refractivity contribution in [3.8, 4) is 11.9 Å². The number of rotatable bonds is 3. The van der Waals surface area contributed by atoms with Crippen molar-refractivity contribution in [1.82, 2.24) is 10.3 Å². The molecule has 0 spiro atoms. The van der Waals surface area contributed by atoms with E-state index in [2.05, 4.69) is 11.4 Å². The SMILES string of the molecule is N#Cc1ccc(COc2ccc3c(n2)C2=C(CNCC2)COC3)s1. The van der Waals surface area contributed by atoms with Gasteiger partial charge in [0.1, 0.15) is 17.6 Å². The van der Waals surface area contributed by atoms with Crippen LogP contribution in [0.5, 0.6) is 5.88 Å². The summed E-state index contributed by atoms with van der Waals surface area (Å²) in [5.74, 6) is 0.618. The average molecular weight is 339 g/mol. The summed E-state index contributed by atoms with van der Waals surface area (Å²) in [6, 6.07) is 9.83. The van der Waals surface area contributed by atoms with Gasteiger partial charge in [-0.05, 0) is 42.3 Å². The highest BCUT2D eigenvalue weighted by Gasteiger charge is 2.22. The Morgan fingerprint density at radius 1 is 1.29 bits per heavy atom. The van der Waals surface area contributed by atoms with E-state index in [1.54, 1.807) is 0 Å². The van der Waals surface area contributed by atoms with E-state index in [1.807, 2.05) is 24.3 Å². The largest absolute Gasteiger partial charge is 0.472 e. The van der Waals surface area contributed by atoms with Crippen LogP contribution in [0.4, 0.5) is 0 Å². The van der Waals surface area contributed by atoms with Crippen LogP contribution in [-0.4, -0.2) is 24.7 Å². The first-order valence-corrected chi connectivity index (χ1v) is 8.76. The number of nitrogens with one attached hydrogen (secondary N) is 1. The second kappa shape index (κ2) is 6.73. The summed E-state index contributed by atoms with van der Waals surface area (Å²) in [7, 11) is 0. The standard InChI is InChI=1S/C18H17N3O2S/c19-7-14-2-3-15(24-14)11-23-17-4-1-12-9-22-10-13-8-20-6-5-16(13)18(12)21-17/h1-4,20H,5-6,8-11H2. The van der Waals surface area contributed by atoms with E-state index >= 15 is 0 Å². The normalized spacial score (nSPS) is 16.8. The van der Waals surface area contributed by atoms with Gasteiger partial charge in [0.2, 0.25) is 5.88 Å². The molecule has 2 aliphatic heterocycles. The first-order valence-electron chi connectivity index (χ1n) is 7.95. The molecule has 4 heterocycles. The fourth-order valence-corrected chi connectivity index (χ4v) is 3.75. The highest BCUT2D eigenvalue weighted by molar-refractivity contribution is 7.12. The minimum Gasteiger partial charge on any atom is -0.472 e. The molecular weight excluding hydrogens is 322 g/mol. The van der Waals surface area contributed by atoms with Crippen molar-refractivity contribution in [2.75, 3.05) is 19.7 Å². The average Bonchev–Trinajstić information content (AvgIpc) is 3.01. The predicted molar refractivity (Wildman–Crippen MR) is 91.7 cm³/mol. The summed E-state index contributed by atoms with van der Waals surface area (Å²) in [6.07, 6.45) is 0.971. The van der Waals surface area contributed by atoms with E-state index < -0.39 is 0 Å². The van der Waals surface area contributed by atoms with Crippen LogP contribution in [0.2, 0.25) is 0 Å². The first kappa shape index (κ1) is 15.3. The second-order valence-electron chi connectivity index (χ2n) is 5.83. The number of pyridine rings is 1. The Labute approximate surface area is 144 Å². The van der Waals surface area contributed by atoms with Crippen molar-refractivity contribution in [2.24, 2.45) is 0 Å². The molecule has 0 saturated heterocycles. The monoisotopic (exact) mass is 339 g/mol.